The second-order valence-corrected chi connectivity index (χ2v) is 7.74. The number of aliphatic carboxylic acids is 1. The zero-order valence-electron chi connectivity index (χ0n) is 19.1. The van der Waals surface area contributed by atoms with E-state index in [1.54, 1.807) is 28.3 Å². The molecule has 1 atom stereocenters. The van der Waals surface area contributed by atoms with E-state index >= 15 is 0 Å². The number of carboxylic acid groups (broad SMARTS) is 1. The Kier molecular flexibility index (Phi) is 6.29. The van der Waals surface area contributed by atoms with Crippen molar-refractivity contribution in [2.75, 3.05) is 40.3 Å². The molecule has 0 saturated heterocycles. The molecule has 6 nitrogen and oxygen atoms in total. The van der Waals surface area contributed by atoms with Crippen molar-refractivity contribution < 1.29 is 24.1 Å². The molecule has 0 spiro atoms. The Morgan fingerprint density at radius 3 is 2.10 bits per heavy atom. The first-order valence-corrected chi connectivity index (χ1v) is 10.0. The molecular formula is C25H29NO5. The summed E-state index contributed by atoms with van der Waals surface area (Å²) in [5.41, 5.74) is 6.64. The fourth-order valence-electron chi connectivity index (χ4n) is 4.04. The van der Waals surface area contributed by atoms with E-state index in [-0.39, 0.29) is 0 Å². The Balaban J connectivity index is 2.24. The lowest BCUT2D eigenvalue weighted by atomic mass is 9.93. The number of ether oxygens (including phenoxy) is 3. The molecule has 1 aliphatic rings. The number of nitrogens with zero attached hydrogens (tertiary/aromatic N) is 1. The molecule has 0 aromatic heterocycles. The van der Waals surface area contributed by atoms with Crippen LogP contribution in [0, 0.1) is 5.92 Å². The lowest BCUT2D eigenvalue weighted by Crippen LogP contribution is -2.12. The van der Waals surface area contributed by atoms with Gasteiger partial charge in [-0.1, -0.05) is 6.07 Å². The molecule has 0 bridgehead atoms. The van der Waals surface area contributed by atoms with Gasteiger partial charge in [0.1, 0.15) is 0 Å². The standard InChI is InChI=1S/C25H29NO5/c1-14-19(10-16-11-21(29-5)24(31-7)22(12-16)30-6)18-9-8-17(26(3)4)13-20(18)23(14)15(2)25(27)28/h8-13,15H,1-7H3,(H,27,28). The van der Waals surface area contributed by atoms with Crippen LogP contribution in [0.3, 0.4) is 0 Å². The van der Waals surface area contributed by atoms with Gasteiger partial charge in [-0.2, -0.15) is 0 Å². The first kappa shape index (κ1) is 22.3. The van der Waals surface area contributed by atoms with Crippen molar-refractivity contribution in [2.45, 2.75) is 13.8 Å². The predicted octanol–water partition coefficient (Wildman–Crippen LogP) is 4.83. The average Bonchev–Trinajstić information content (AvgIpc) is 3.02. The van der Waals surface area contributed by atoms with Gasteiger partial charge in [0.05, 0.1) is 27.2 Å². The summed E-state index contributed by atoms with van der Waals surface area (Å²) in [5.74, 6) is 0.194. The van der Waals surface area contributed by atoms with Crippen molar-refractivity contribution in [1.82, 2.24) is 0 Å². The SMILES string of the molecule is COc1cc(C=C2C(C)=C(C(C)C(=O)O)c3cc(N(C)C)ccc32)cc(OC)c1OC. The third-order valence-electron chi connectivity index (χ3n) is 5.71. The highest BCUT2D eigenvalue weighted by Gasteiger charge is 2.30. The topological polar surface area (TPSA) is 68.2 Å². The van der Waals surface area contributed by atoms with Gasteiger partial charge in [0.2, 0.25) is 5.75 Å². The van der Waals surface area contributed by atoms with Gasteiger partial charge in [-0.15, -0.1) is 0 Å². The molecule has 1 unspecified atom stereocenters. The van der Waals surface area contributed by atoms with Crippen LogP contribution in [0.15, 0.2) is 35.9 Å². The predicted molar refractivity (Wildman–Crippen MR) is 124 cm³/mol. The fourth-order valence-corrected chi connectivity index (χ4v) is 4.04. The number of carboxylic acids is 1. The summed E-state index contributed by atoms with van der Waals surface area (Å²) >= 11 is 0. The highest BCUT2D eigenvalue weighted by molar-refractivity contribution is 6.09. The van der Waals surface area contributed by atoms with Gasteiger partial charge < -0.3 is 24.2 Å². The number of benzene rings is 2. The van der Waals surface area contributed by atoms with E-state index in [9.17, 15) is 9.90 Å². The number of anilines is 1. The van der Waals surface area contributed by atoms with Crippen LogP contribution in [0.1, 0.15) is 30.5 Å². The molecule has 0 radical (unpaired) electrons. The molecule has 0 heterocycles. The third kappa shape index (κ3) is 3.98. The summed E-state index contributed by atoms with van der Waals surface area (Å²) < 4.78 is 16.4. The van der Waals surface area contributed by atoms with Crippen LogP contribution in [0.5, 0.6) is 17.2 Å². The van der Waals surface area contributed by atoms with Crippen LogP contribution in [-0.4, -0.2) is 46.5 Å². The minimum atomic E-state index is -0.843. The van der Waals surface area contributed by atoms with E-state index in [1.165, 1.54) is 0 Å². The Hall–Kier alpha value is -3.41. The molecule has 2 aromatic carbocycles. The maximum atomic E-state index is 11.9. The minimum absolute atomic E-state index is 0.530. The van der Waals surface area contributed by atoms with E-state index in [0.29, 0.717) is 17.2 Å². The Morgan fingerprint density at radius 2 is 1.61 bits per heavy atom. The van der Waals surface area contributed by atoms with Crippen molar-refractivity contribution in [2.24, 2.45) is 5.92 Å². The monoisotopic (exact) mass is 423 g/mol. The number of methoxy groups -OCH3 is 3. The number of hydrogen-bond acceptors (Lipinski definition) is 5. The molecular weight excluding hydrogens is 394 g/mol. The molecule has 6 heteroatoms. The lowest BCUT2D eigenvalue weighted by molar-refractivity contribution is -0.139. The quantitative estimate of drug-likeness (QED) is 0.688. The Morgan fingerprint density at radius 1 is 1.00 bits per heavy atom. The van der Waals surface area contributed by atoms with Crippen LogP contribution >= 0.6 is 0 Å². The van der Waals surface area contributed by atoms with Crippen molar-refractivity contribution in [3.63, 3.8) is 0 Å². The summed E-state index contributed by atoms with van der Waals surface area (Å²) in [5, 5.41) is 9.72. The molecule has 0 amide bonds. The molecule has 2 aromatic rings. The second kappa shape index (κ2) is 8.76. The van der Waals surface area contributed by atoms with Gasteiger partial charge >= 0.3 is 5.97 Å². The van der Waals surface area contributed by atoms with Crippen molar-refractivity contribution in [3.05, 3.63) is 52.6 Å². The fraction of sp³-hybridized carbons (Fsp3) is 0.320. The van der Waals surface area contributed by atoms with Gasteiger partial charge in [-0.3, -0.25) is 4.79 Å². The molecule has 1 N–H and O–H groups in total. The van der Waals surface area contributed by atoms with E-state index in [1.807, 2.05) is 50.2 Å². The van der Waals surface area contributed by atoms with E-state index in [2.05, 4.69) is 12.1 Å². The van der Waals surface area contributed by atoms with Crippen LogP contribution in [-0.2, 0) is 4.79 Å². The van der Waals surface area contributed by atoms with E-state index < -0.39 is 11.9 Å². The van der Waals surface area contributed by atoms with Crippen molar-refractivity contribution in [3.8, 4) is 17.2 Å². The number of carbonyl (C=O) groups is 1. The molecule has 31 heavy (non-hydrogen) atoms. The van der Waals surface area contributed by atoms with Crippen LogP contribution < -0.4 is 19.1 Å². The Bertz CT molecular complexity index is 1060. The Labute approximate surface area is 183 Å². The largest absolute Gasteiger partial charge is 0.493 e. The first-order chi connectivity index (χ1) is 14.7. The molecule has 0 aliphatic heterocycles. The number of allylic oxidation sites excluding steroid dienone is 2. The molecule has 1 aliphatic carbocycles. The smallest absolute Gasteiger partial charge is 0.310 e. The minimum Gasteiger partial charge on any atom is -0.493 e. The van der Waals surface area contributed by atoms with E-state index in [0.717, 1.165) is 39.1 Å². The number of fused-ring (bicyclic) bond motifs is 1. The van der Waals surface area contributed by atoms with E-state index in [4.69, 9.17) is 14.2 Å². The maximum Gasteiger partial charge on any atom is 0.310 e. The number of rotatable bonds is 7. The second-order valence-electron chi connectivity index (χ2n) is 7.74. The molecule has 0 fully saturated rings. The van der Waals surface area contributed by atoms with Gasteiger partial charge in [0.25, 0.3) is 0 Å². The zero-order valence-corrected chi connectivity index (χ0v) is 19.1. The van der Waals surface area contributed by atoms with Crippen molar-refractivity contribution >= 4 is 28.9 Å². The van der Waals surface area contributed by atoms with Crippen molar-refractivity contribution in [1.29, 1.82) is 0 Å². The maximum absolute atomic E-state index is 11.9. The summed E-state index contributed by atoms with van der Waals surface area (Å²) in [6.45, 7) is 3.71. The van der Waals surface area contributed by atoms with Crippen LogP contribution in [0.2, 0.25) is 0 Å². The zero-order chi connectivity index (χ0) is 22.9. The normalized spacial score (nSPS) is 15.0. The highest BCUT2D eigenvalue weighted by Crippen LogP contribution is 2.47. The van der Waals surface area contributed by atoms with Gasteiger partial charge in [-0.05, 0) is 77.6 Å². The summed E-state index contributed by atoms with van der Waals surface area (Å²) in [7, 11) is 8.68. The molecule has 164 valence electrons. The molecule has 0 saturated carbocycles. The highest BCUT2D eigenvalue weighted by atomic mass is 16.5. The van der Waals surface area contributed by atoms with Gasteiger partial charge in [-0.25, -0.2) is 0 Å². The average molecular weight is 424 g/mol. The third-order valence-corrected chi connectivity index (χ3v) is 5.71. The van der Waals surface area contributed by atoms with Crippen LogP contribution in [0.25, 0.3) is 17.2 Å². The lowest BCUT2D eigenvalue weighted by Gasteiger charge is -2.16. The number of hydrogen-bond donors (Lipinski definition) is 1. The summed E-state index contributed by atoms with van der Waals surface area (Å²) in [6, 6.07) is 9.93. The summed E-state index contributed by atoms with van der Waals surface area (Å²) in [6.07, 6.45) is 2.04. The van der Waals surface area contributed by atoms with Gasteiger partial charge in [0, 0.05) is 19.8 Å². The molecule has 3 rings (SSSR count). The van der Waals surface area contributed by atoms with Crippen LogP contribution in [0.4, 0.5) is 5.69 Å². The van der Waals surface area contributed by atoms with Gasteiger partial charge in [0.15, 0.2) is 11.5 Å². The first-order valence-electron chi connectivity index (χ1n) is 10.0. The summed E-state index contributed by atoms with van der Waals surface area (Å²) in [4.78, 5) is 13.9.